The minimum absolute atomic E-state index is 0.0996. The predicted octanol–water partition coefficient (Wildman–Crippen LogP) is 0.224. The lowest BCUT2D eigenvalue weighted by Crippen LogP contribution is -2.56. The molecule has 2 aliphatic rings. The average molecular weight is 741 g/mol. The van der Waals surface area contributed by atoms with Crippen LogP contribution in [-0.4, -0.2) is 120 Å². The summed E-state index contributed by atoms with van der Waals surface area (Å²) in [4.78, 5) is 27.0. The molecule has 1 aromatic heterocycles. The van der Waals surface area contributed by atoms with Crippen molar-refractivity contribution < 1.29 is 79.2 Å². The van der Waals surface area contributed by atoms with Crippen LogP contribution in [0.5, 0.6) is 28.7 Å². The van der Waals surface area contributed by atoms with Gasteiger partial charge in [0, 0.05) is 17.7 Å². The Morgan fingerprint density at radius 3 is 2.26 bits per heavy atom. The van der Waals surface area contributed by atoms with E-state index in [1.165, 1.54) is 55.7 Å². The third-order valence-corrected chi connectivity index (χ3v) is 9.15. The van der Waals surface area contributed by atoms with Crippen molar-refractivity contribution in [1.29, 1.82) is 0 Å². The molecule has 10 N–H and O–H groups in total. The van der Waals surface area contributed by atoms with Crippen LogP contribution in [0.2, 0.25) is 0 Å². The summed E-state index contributed by atoms with van der Waals surface area (Å²) in [5.41, 5.74) is -2.13. The maximum absolute atomic E-state index is 13.8. The Bertz CT molecular complexity index is 2080. The van der Waals surface area contributed by atoms with Gasteiger partial charge in [0.15, 0.2) is 28.6 Å². The first-order valence-electron chi connectivity index (χ1n) is 16.1. The van der Waals surface area contributed by atoms with E-state index in [0.717, 1.165) is 12.1 Å². The zero-order valence-electron chi connectivity index (χ0n) is 27.7. The van der Waals surface area contributed by atoms with Gasteiger partial charge in [-0.2, -0.15) is 0 Å². The Morgan fingerprint density at radius 2 is 1.58 bits per heavy atom. The van der Waals surface area contributed by atoms with Crippen molar-refractivity contribution in [3.05, 3.63) is 81.5 Å². The molecule has 282 valence electrons. The van der Waals surface area contributed by atoms with Gasteiger partial charge in [-0.1, -0.05) is 6.07 Å². The van der Waals surface area contributed by atoms with Crippen LogP contribution in [0, 0.1) is 0 Å². The molecule has 2 saturated heterocycles. The van der Waals surface area contributed by atoms with E-state index in [4.69, 9.17) is 23.4 Å². The number of aliphatic hydroxyl groups excluding tert-OH is 6. The molecule has 4 aromatic rings. The van der Waals surface area contributed by atoms with Crippen molar-refractivity contribution in [2.45, 2.75) is 54.9 Å². The van der Waals surface area contributed by atoms with Gasteiger partial charge >= 0.3 is 5.97 Å². The second-order valence-corrected chi connectivity index (χ2v) is 12.5. The van der Waals surface area contributed by atoms with Crippen molar-refractivity contribution in [2.24, 2.45) is 0 Å². The topological polar surface area (TPSA) is 286 Å². The molecule has 0 spiro atoms. The number of aromatic hydroxyl groups is 4. The molecule has 9 atom stereocenters. The van der Waals surface area contributed by atoms with Gasteiger partial charge in [0.2, 0.25) is 0 Å². The van der Waals surface area contributed by atoms with Crippen LogP contribution in [-0.2, 0) is 19.0 Å². The maximum Gasteiger partial charge on any atom is 0.331 e. The number of methoxy groups -OCH3 is 1. The molecule has 2 aliphatic heterocycles. The first-order chi connectivity index (χ1) is 25.2. The maximum atomic E-state index is 13.8. The normalized spacial score (nSPS) is 27.6. The zero-order chi connectivity index (χ0) is 38.3. The summed E-state index contributed by atoms with van der Waals surface area (Å²) in [6.07, 6.45) is -14.3. The molecule has 0 aliphatic carbocycles. The van der Waals surface area contributed by atoms with Gasteiger partial charge in [0.1, 0.15) is 77.2 Å². The van der Waals surface area contributed by atoms with Crippen molar-refractivity contribution >= 4 is 23.0 Å². The quantitative estimate of drug-likeness (QED) is 0.0854. The zero-order valence-corrected chi connectivity index (χ0v) is 27.7. The molecule has 0 saturated carbocycles. The van der Waals surface area contributed by atoms with E-state index in [-0.39, 0.29) is 28.6 Å². The summed E-state index contributed by atoms with van der Waals surface area (Å²) in [7, 11) is 1.32. The van der Waals surface area contributed by atoms with E-state index in [1.807, 2.05) is 0 Å². The molecule has 0 bridgehead atoms. The smallest absolute Gasteiger partial charge is 0.331 e. The Labute approximate surface area is 299 Å². The number of carbonyl (C=O) groups is 1. The highest BCUT2D eigenvalue weighted by Crippen LogP contribution is 2.51. The number of phenolic OH excluding ortho intramolecular Hbond substituents is 4. The summed E-state index contributed by atoms with van der Waals surface area (Å²) in [6, 6.07) is 10.5. The summed E-state index contributed by atoms with van der Waals surface area (Å²) in [5, 5.41) is 106. The van der Waals surface area contributed by atoms with Crippen molar-refractivity contribution in [3.63, 3.8) is 0 Å². The summed E-state index contributed by atoms with van der Waals surface area (Å²) in [6.45, 7) is -1.49. The highest BCUT2D eigenvalue weighted by atomic mass is 16.6. The molecule has 17 nitrogen and oxygen atoms in total. The van der Waals surface area contributed by atoms with Gasteiger partial charge < -0.3 is 74.4 Å². The fourth-order valence-electron chi connectivity index (χ4n) is 6.36. The fraction of sp³-hybridized carbons (Fsp3) is 0.333. The molecule has 0 amide bonds. The van der Waals surface area contributed by atoms with Gasteiger partial charge in [-0.05, 0) is 48.0 Å². The summed E-state index contributed by atoms with van der Waals surface area (Å²) < 4.78 is 28.1. The van der Waals surface area contributed by atoms with E-state index >= 15 is 0 Å². The molecule has 3 heterocycles. The van der Waals surface area contributed by atoms with E-state index < -0.39 is 113 Å². The SMILES string of the molecule is COc1cc(/C=C/C(=O)O[C@@H]2[C@@H](O)[C@H](O)[C@H](CO)O[C@H]2c2c(O)c([C@@H]3OC[C@@H](O)[C@H](O)[C@@H]3O)c(O)c3c(=O)cc(-c4ccc(O)cc4)oc23)ccc1O. The van der Waals surface area contributed by atoms with Crippen molar-refractivity contribution in [2.75, 3.05) is 20.3 Å². The molecule has 6 rings (SSSR count). The second kappa shape index (κ2) is 15.0. The van der Waals surface area contributed by atoms with Crippen LogP contribution in [0.4, 0.5) is 0 Å². The Balaban J connectivity index is 1.54. The monoisotopic (exact) mass is 740 g/mol. The van der Waals surface area contributed by atoms with Gasteiger partial charge in [-0.25, -0.2) is 4.79 Å². The van der Waals surface area contributed by atoms with Crippen LogP contribution in [0.25, 0.3) is 28.4 Å². The molecule has 17 heteroatoms. The number of hydrogen-bond donors (Lipinski definition) is 10. The van der Waals surface area contributed by atoms with E-state index in [2.05, 4.69) is 0 Å². The minimum atomic E-state index is -2.02. The van der Waals surface area contributed by atoms with E-state index in [0.29, 0.717) is 5.56 Å². The highest BCUT2D eigenvalue weighted by molar-refractivity contribution is 5.92. The number of rotatable bonds is 8. The highest BCUT2D eigenvalue weighted by Gasteiger charge is 2.50. The second-order valence-electron chi connectivity index (χ2n) is 12.5. The molecular formula is C36H36O17. The number of carbonyl (C=O) groups excluding carboxylic acids is 1. The van der Waals surface area contributed by atoms with Crippen molar-refractivity contribution in [3.8, 4) is 40.1 Å². The van der Waals surface area contributed by atoms with Crippen molar-refractivity contribution in [1.82, 2.24) is 0 Å². The average Bonchev–Trinajstić information content (AvgIpc) is 3.13. The lowest BCUT2D eigenvalue weighted by Gasteiger charge is -2.42. The van der Waals surface area contributed by atoms with Crippen LogP contribution in [0.15, 0.2) is 63.8 Å². The lowest BCUT2D eigenvalue weighted by molar-refractivity contribution is -0.239. The number of aliphatic hydroxyl groups is 6. The number of phenols is 4. The Morgan fingerprint density at radius 1 is 0.868 bits per heavy atom. The molecule has 3 aromatic carbocycles. The van der Waals surface area contributed by atoms with Crippen LogP contribution in [0.3, 0.4) is 0 Å². The number of esters is 1. The van der Waals surface area contributed by atoms with Crippen LogP contribution < -0.4 is 10.2 Å². The van der Waals surface area contributed by atoms with E-state index in [1.54, 1.807) is 0 Å². The van der Waals surface area contributed by atoms with Gasteiger partial charge in [-0.3, -0.25) is 4.79 Å². The number of benzene rings is 3. The molecule has 2 fully saturated rings. The standard InChI is InChI=1S/C36H36O17/c1-49-21-10-14(2-8-17(21)39)3-9-23(42)53-36-32(48)28(44)22(12-37)52-35(36)26-30(46)25(34-31(47)27(43)19(41)13-50-34)29(45)24-18(40)11-20(51-33(24)26)15-4-6-16(38)7-5-15/h2-11,19,22,27-28,31-32,34-39,41,43-48H,12-13H2,1H3/b9-3+/t19-,22+,27+,28-,31+,32+,34+,35+,36-/m1/s1. The Hall–Kier alpha value is -5.24. The predicted molar refractivity (Wildman–Crippen MR) is 180 cm³/mol. The fourth-order valence-corrected chi connectivity index (χ4v) is 6.36. The van der Waals surface area contributed by atoms with Gasteiger partial charge in [0.05, 0.1) is 31.5 Å². The van der Waals surface area contributed by atoms with Crippen LogP contribution >= 0.6 is 0 Å². The summed E-state index contributed by atoms with van der Waals surface area (Å²) in [5.74, 6) is -3.41. The number of fused-ring (bicyclic) bond motifs is 1. The van der Waals surface area contributed by atoms with Crippen LogP contribution in [0.1, 0.15) is 28.9 Å². The van der Waals surface area contributed by atoms with Gasteiger partial charge in [-0.15, -0.1) is 0 Å². The minimum Gasteiger partial charge on any atom is -0.508 e. The third kappa shape index (κ3) is 6.99. The molecule has 53 heavy (non-hydrogen) atoms. The first kappa shape index (κ1) is 37.5. The number of hydrogen-bond acceptors (Lipinski definition) is 17. The Kier molecular flexibility index (Phi) is 10.6. The first-order valence-corrected chi connectivity index (χ1v) is 16.1. The molecule has 0 radical (unpaired) electrons. The number of ether oxygens (including phenoxy) is 4. The molecular weight excluding hydrogens is 704 g/mol. The lowest BCUT2D eigenvalue weighted by atomic mass is 9.85. The molecule has 0 unspecified atom stereocenters. The van der Waals surface area contributed by atoms with Gasteiger partial charge in [0.25, 0.3) is 0 Å². The van der Waals surface area contributed by atoms with E-state index in [9.17, 15) is 60.7 Å². The summed E-state index contributed by atoms with van der Waals surface area (Å²) >= 11 is 0. The third-order valence-electron chi connectivity index (χ3n) is 9.15. The largest absolute Gasteiger partial charge is 0.508 e.